The zero-order chi connectivity index (χ0) is 20.8. The molecule has 0 aromatic heterocycles. The van der Waals surface area contributed by atoms with E-state index in [9.17, 15) is 19.5 Å². The van der Waals surface area contributed by atoms with Gasteiger partial charge in [0.15, 0.2) is 0 Å². The third-order valence-electron chi connectivity index (χ3n) is 6.27. The Kier molecular flexibility index (Phi) is 7.25. The van der Waals surface area contributed by atoms with Crippen LogP contribution in [0.15, 0.2) is 30.3 Å². The van der Waals surface area contributed by atoms with Gasteiger partial charge in [-0.1, -0.05) is 18.2 Å². The number of carboxylic acid groups (broad SMARTS) is 1. The highest BCUT2D eigenvalue weighted by Gasteiger charge is 2.33. The molecule has 158 valence electrons. The highest BCUT2D eigenvalue weighted by atomic mass is 16.4. The van der Waals surface area contributed by atoms with Crippen LogP contribution in [0.25, 0.3) is 0 Å². The number of carboxylic acids is 1. The zero-order valence-corrected chi connectivity index (χ0v) is 17.1. The van der Waals surface area contributed by atoms with E-state index in [1.54, 1.807) is 6.92 Å². The summed E-state index contributed by atoms with van der Waals surface area (Å²) in [6.45, 7) is 6.89. The molecule has 1 N–H and O–H groups in total. The minimum atomic E-state index is -0.766. The van der Waals surface area contributed by atoms with E-state index in [-0.39, 0.29) is 30.1 Å². The van der Waals surface area contributed by atoms with E-state index < -0.39 is 5.97 Å². The van der Waals surface area contributed by atoms with Gasteiger partial charge in [0.05, 0.1) is 0 Å². The first-order valence-corrected chi connectivity index (χ1v) is 10.5. The van der Waals surface area contributed by atoms with Crippen LogP contribution >= 0.6 is 0 Å². The van der Waals surface area contributed by atoms with E-state index >= 15 is 0 Å². The molecule has 2 aliphatic heterocycles. The zero-order valence-electron chi connectivity index (χ0n) is 17.1. The monoisotopic (exact) mass is 401 g/mol. The smallest absolute Gasteiger partial charge is 0.303 e. The van der Waals surface area contributed by atoms with Gasteiger partial charge in [0, 0.05) is 58.2 Å². The molecular formula is C22H31N3O4. The van der Waals surface area contributed by atoms with Crippen molar-refractivity contribution in [1.29, 1.82) is 0 Å². The number of rotatable bonds is 6. The number of carbonyl (C=O) groups is 3. The van der Waals surface area contributed by atoms with Crippen LogP contribution in [-0.4, -0.2) is 83.4 Å². The van der Waals surface area contributed by atoms with Crippen molar-refractivity contribution in [3.05, 3.63) is 35.9 Å². The number of likely N-dealkylation sites (tertiary alicyclic amines) is 1. The fraction of sp³-hybridized carbons (Fsp3) is 0.591. The average molecular weight is 402 g/mol. The number of hydrogen-bond donors (Lipinski definition) is 1. The largest absolute Gasteiger partial charge is 0.481 e. The molecule has 3 rings (SSSR count). The Morgan fingerprint density at radius 2 is 1.66 bits per heavy atom. The van der Waals surface area contributed by atoms with E-state index in [1.807, 2.05) is 40.1 Å². The second kappa shape index (κ2) is 9.87. The quantitative estimate of drug-likeness (QED) is 0.786. The Labute approximate surface area is 172 Å². The van der Waals surface area contributed by atoms with Crippen molar-refractivity contribution in [1.82, 2.24) is 14.7 Å². The number of hydrogen-bond acceptors (Lipinski definition) is 4. The minimum absolute atomic E-state index is 0.0273. The first-order valence-electron chi connectivity index (χ1n) is 10.5. The Balaban J connectivity index is 1.58. The summed E-state index contributed by atoms with van der Waals surface area (Å²) >= 11 is 0. The number of piperazine rings is 1. The molecular weight excluding hydrogens is 370 g/mol. The molecule has 2 aliphatic rings. The van der Waals surface area contributed by atoms with Crippen LogP contribution in [0.5, 0.6) is 0 Å². The van der Waals surface area contributed by atoms with Gasteiger partial charge in [-0.15, -0.1) is 0 Å². The maximum absolute atomic E-state index is 12.8. The lowest BCUT2D eigenvalue weighted by molar-refractivity contribution is -0.139. The van der Waals surface area contributed by atoms with Crippen LogP contribution in [0.3, 0.4) is 0 Å². The van der Waals surface area contributed by atoms with Crippen LogP contribution in [0.1, 0.15) is 36.5 Å². The Morgan fingerprint density at radius 3 is 2.28 bits per heavy atom. The molecule has 2 fully saturated rings. The van der Waals surface area contributed by atoms with Crippen LogP contribution in [0.4, 0.5) is 0 Å². The summed E-state index contributed by atoms with van der Waals surface area (Å²) in [7, 11) is 0. The molecule has 0 unspecified atom stereocenters. The van der Waals surface area contributed by atoms with Crippen molar-refractivity contribution in [2.75, 3.05) is 45.8 Å². The summed E-state index contributed by atoms with van der Waals surface area (Å²) in [4.78, 5) is 41.7. The Morgan fingerprint density at radius 1 is 0.966 bits per heavy atom. The second-order valence-corrected chi connectivity index (χ2v) is 8.16. The van der Waals surface area contributed by atoms with Gasteiger partial charge < -0.3 is 14.9 Å². The van der Waals surface area contributed by atoms with Crippen molar-refractivity contribution in [2.24, 2.45) is 11.8 Å². The molecule has 2 saturated heterocycles. The molecule has 29 heavy (non-hydrogen) atoms. The number of carbonyl (C=O) groups excluding carboxylic acids is 2. The minimum Gasteiger partial charge on any atom is -0.481 e. The van der Waals surface area contributed by atoms with Crippen LogP contribution < -0.4 is 0 Å². The number of aliphatic carboxylic acids is 1. The van der Waals surface area contributed by atoms with Gasteiger partial charge in [0.2, 0.25) is 5.91 Å². The standard InChI is InChI=1S/C22H31N3O4/c1-17(26)24-13-11-23(12-14-24)9-7-20-16-25(10-8-19(20)15-21(27)28)22(29)18-5-3-2-4-6-18/h2-6,19-20H,7-16H2,1H3,(H,27,28)/t19-,20-/m0/s1. The molecule has 1 aromatic rings. The molecule has 1 aromatic carbocycles. The van der Waals surface area contributed by atoms with Gasteiger partial charge >= 0.3 is 5.97 Å². The highest BCUT2D eigenvalue weighted by molar-refractivity contribution is 5.94. The number of benzene rings is 1. The first-order chi connectivity index (χ1) is 13.9. The predicted octanol–water partition coefficient (Wildman–Crippen LogP) is 1.79. The summed E-state index contributed by atoms with van der Waals surface area (Å²) in [6, 6.07) is 9.28. The summed E-state index contributed by atoms with van der Waals surface area (Å²) in [5.41, 5.74) is 0.684. The van der Waals surface area contributed by atoms with Crippen LogP contribution in [0.2, 0.25) is 0 Å². The highest BCUT2D eigenvalue weighted by Crippen LogP contribution is 2.30. The molecule has 0 bridgehead atoms. The molecule has 7 heteroatoms. The van der Waals surface area contributed by atoms with Gasteiger partial charge in [0.25, 0.3) is 5.91 Å². The Bertz CT molecular complexity index is 716. The third-order valence-corrected chi connectivity index (χ3v) is 6.27. The van der Waals surface area contributed by atoms with Crippen molar-refractivity contribution < 1.29 is 19.5 Å². The normalized spacial score (nSPS) is 23.1. The van der Waals surface area contributed by atoms with E-state index in [2.05, 4.69) is 4.90 Å². The lowest BCUT2D eigenvalue weighted by Crippen LogP contribution is -2.49. The fourth-order valence-corrected chi connectivity index (χ4v) is 4.48. The van der Waals surface area contributed by atoms with E-state index in [0.29, 0.717) is 18.7 Å². The van der Waals surface area contributed by atoms with Crippen molar-refractivity contribution in [3.8, 4) is 0 Å². The number of amides is 2. The second-order valence-electron chi connectivity index (χ2n) is 8.16. The summed E-state index contributed by atoms with van der Waals surface area (Å²) in [5.74, 6) is -0.338. The van der Waals surface area contributed by atoms with Crippen molar-refractivity contribution in [3.63, 3.8) is 0 Å². The molecule has 2 amide bonds. The van der Waals surface area contributed by atoms with Gasteiger partial charge in [-0.05, 0) is 43.4 Å². The molecule has 2 heterocycles. The van der Waals surface area contributed by atoms with Gasteiger partial charge in [-0.2, -0.15) is 0 Å². The summed E-state index contributed by atoms with van der Waals surface area (Å²) in [5, 5.41) is 9.31. The summed E-state index contributed by atoms with van der Waals surface area (Å²) < 4.78 is 0. The first kappa shape index (κ1) is 21.3. The van der Waals surface area contributed by atoms with E-state index in [1.165, 1.54) is 0 Å². The molecule has 2 atom stereocenters. The van der Waals surface area contributed by atoms with Gasteiger partial charge in [-0.25, -0.2) is 0 Å². The topological polar surface area (TPSA) is 81.2 Å². The van der Waals surface area contributed by atoms with Crippen LogP contribution in [0, 0.1) is 11.8 Å². The van der Waals surface area contributed by atoms with E-state index in [4.69, 9.17) is 0 Å². The van der Waals surface area contributed by atoms with Gasteiger partial charge in [0.1, 0.15) is 0 Å². The van der Waals surface area contributed by atoms with Crippen molar-refractivity contribution >= 4 is 17.8 Å². The van der Waals surface area contributed by atoms with Crippen LogP contribution in [-0.2, 0) is 9.59 Å². The number of piperidine rings is 1. The fourth-order valence-electron chi connectivity index (χ4n) is 4.48. The molecule has 0 saturated carbocycles. The summed E-state index contributed by atoms with van der Waals surface area (Å²) in [6.07, 6.45) is 1.76. The third kappa shape index (κ3) is 5.79. The maximum atomic E-state index is 12.8. The lowest BCUT2D eigenvalue weighted by atomic mass is 9.81. The molecule has 0 aliphatic carbocycles. The Hall–Kier alpha value is -2.41. The van der Waals surface area contributed by atoms with Gasteiger partial charge in [-0.3, -0.25) is 19.3 Å². The average Bonchev–Trinajstić information content (AvgIpc) is 2.73. The molecule has 7 nitrogen and oxygen atoms in total. The maximum Gasteiger partial charge on any atom is 0.303 e. The number of nitrogens with zero attached hydrogens (tertiary/aromatic N) is 3. The lowest BCUT2D eigenvalue weighted by Gasteiger charge is -2.40. The molecule has 0 radical (unpaired) electrons. The molecule has 0 spiro atoms. The van der Waals surface area contributed by atoms with E-state index in [0.717, 1.165) is 45.6 Å². The predicted molar refractivity (Wildman–Crippen MR) is 110 cm³/mol. The van der Waals surface area contributed by atoms with Crippen molar-refractivity contribution in [2.45, 2.75) is 26.2 Å². The SMILES string of the molecule is CC(=O)N1CCN(CC[C@H]2CN(C(=O)c3ccccc3)CC[C@H]2CC(=O)O)CC1.